The van der Waals surface area contributed by atoms with Crippen LogP contribution in [0.3, 0.4) is 0 Å². The number of likely N-dealkylation sites (N-methyl/N-ethyl adjacent to an activating group) is 1. The van der Waals surface area contributed by atoms with E-state index in [4.69, 9.17) is 14.2 Å². The third-order valence-electron chi connectivity index (χ3n) is 9.03. The van der Waals surface area contributed by atoms with Crippen LogP contribution in [0.4, 0.5) is 10.1 Å². The van der Waals surface area contributed by atoms with Crippen molar-refractivity contribution in [3.63, 3.8) is 0 Å². The largest absolute Gasteiger partial charge is 0.497 e. The van der Waals surface area contributed by atoms with Crippen LogP contribution in [0.2, 0.25) is 0 Å². The smallest absolute Gasteiger partial charge is 0.274 e. The van der Waals surface area contributed by atoms with Gasteiger partial charge >= 0.3 is 0 Å². The second-order valence-electron chi connectivity index (χ2n) is 12.1. The summed E-state index contributed by atoms with van der Waals surface area (Å²) in [4.78, 5) is 33.8. The summed E-state index contributed by atoms with van der Waals surface area (Å²) >= 11 is 0. The van der Waals surface area contributed by atoms with Crippen LogP contribution in [-0.2, 0) is 31.7 Å². The second kappa shape index (κ2) is 13.3. The minimum atomic E-state index is -4.76. The van der Waals surface area contributed by atoms with Crippen molar-refractivity contribution >= 4 is 27.5 Å². The molecule has 1 N–H and O–H groups in total. The summed E-state index contributed by atoms with van der Waals surface area (Å²) in [5.41, 5.74) is -1.31. The van der Waals surface area contributed by atoms with E-state index in [0.717, 1.165) is 17.7 Å². The molecule has 0 radical (unpaired) electrons. The highest BCUT2D eigenvalue weighted by Gasteiger charge is 2.64. The number of hydrogen-bond donors (Lipinski definition) is 1. The van der Waals surface area contributed by atoms with Crippen molar-refractivity contribution in [1.82, 2.24) is 14.7 Å². The van der Waals surface area contributed by atoms with Crippen LogP contribution < -0.4 is 18.5 Å². The Morgan fingerprint density at radius 3 is 2.31 bits per heavy atom. The number of methoxy groups -OCH3 is 3. The summed E-state index contributed by atoms with van der Waals surface area (Å²) in [5, 5.41) is 11.1. The van der Waals surface area contributed by atoms with Crippen molar-refractivity contribution in [2.24, 2.45) is 0 Å². The maximum atomic E-state index is 15.5. The summed E-state index contributed by atoms with van der Waals surface area (Å²) < 4.78 is 62.0. The lowest BCUT2D eigenvalue weighted by Crippen LogP contribution is -2.59. The molecule has 0 bridgehead atoms. The average molecular weight is 685 g/mol. The highest BCUT2D eigenvalue weighted by Crippen LogP contribution is 2.55. The molecular weight excluding hydrogens is 643 g/mol. The Balaban J connectivity index is 1.89. The first kappa shape index (κ1) is 35.1. The first-order chi connectivity index (χ1) is 22.8. The van der Waals surface area contributed by atoms with Crippen molar-refractivity contribution in [2.75, 3.05) is 59.9 Å². The Hall–Kier alpha value is -4.24. The summed E-state index contributed by atoms with van der Waals surface area (Å²) in [6.45, 7) is 2.97. The number of anilines is 1. The number of carbonyl (C=O) groups excluding carboxylic acids is 2. The van der Waals surface area contributed by atoms with Gasteiger partial charge in [-0.05, 0) is 68.0 Å². The molecule has 3 atom stereocenters. The molecule has 12 nitrogen and oxygen atoms in total. The van der Waals surface area contributed by atoms with E-state index in [0.29, 0.717) is 23.1 Å². The molecule has 2 aliphatic rings. The molecule has 0 aromatic heterocycles. The Morgan fingerprint density at radius 1 is 0.979 bits per heavy atom. The quantitative estimate of drug-likeness (QED) is 0.322. The van der Waals surface area contributed by atoms with Crippen LogP contribution in [0.25, 0.3) is 0 Å². The van der Waals surface area contributed by atoms with Crippen molar-refractivity contribution in [3.8, 4) is 17.2 Å². The van der Waals surface area contributed by atoms with Gasteiger partial charge < -0.3 is 29.1 Å². The van der Waals surface area contributed by atoms with Gasteiger partial charge in [0, 0.05) is 44.4 Å². The van der Waals surface area contributed by atoms with Crippen LogP contribution in [-0.4, -0.2) is 108 Å². The molecule has 2 heterocycles. The molecular formula is C34H41FN4O8S. The van der Waals surface area contributed by atoms with Crippen LogP contribution in [0.1, 0.15) is 30.0 Å². The molecule has 2 aliphatic heterocycles. The normalized spacial score (nSPS) is 21.0. The van der Waals surface area contributed by atoms with E-state index in [1.165, 1.54) is 55.4 Å². The zero-order valence-electron chi connectivity index (χ0n) is 28.1. The van der Waals surface area contributed by atoms with Gasteiger partial charge in [-0.15, -0.1) is 0 Å². The topological polar surface area (TPSA) is 129 Å². The molecule has 3 aromatic carbocycles. The first-order valence-electron chi connectivity index (χ1n) is 15.4. The lowest BCUT2D eigenvalue weighted by atomic mass is 9.80. The SMILES string of the molecule is CCN(C)Cc1ccc(OC)c(C2(N3C[C@H](O)C[C@H]3C(=O)N(C)C)C(=O)N(S(=O)(=O)c3ccc(OC)cc3OC)c3ccc(F)cc32)c1. The highest BCUT2D eigenvalue weighted by molar-refractivity contribution is 7.93. The number of benzene rings is 3. The molecule has 0 saturated carbocycles. The van der Waals surface area contributed by atoms with Crippen LogP contribution >= 0.6 is 0 Å². The van der Waals surface area contributed by atoms with Crippen LogP contribution in [0.5, 0.6) is 17.2 Å². The fourth-order valence-electron chi connectivity index (χ4n) is 6.64. The summed E-state index contributed by atoms with van der Waals surface area (Å²) in [5.74, 6) is -1.70. The van der Waals surface area contributed by atoms with Gasteiger partial charge in [-0.25, -0.2) is 17.1 Å². The molecule has 0 aliphatic carbocycles. The van der Waals surface area contributed by atoms with Crippen LogP contribution in [0, 0.1) is 5.82 Å². The third kappa shape index (κ3) is 5.66. The Labute approximate surface area is 280 Å². The zero-order valence-corrected chi connectivity index (χ0v) is 28.9. The number of halogens is 1. The summed E-state index contributed by atoms with van der Waals surface area (Å²) in [7, 11) is 4.38. The van der Waals surface area contributed by atoms with Crippen molar-refractivity contribution < 1.29 is 41.7 Å². The number of aliphatic hydroxyl groups excluding tert-OH is 1. The van der Waals surface area contributed by atoms with E-state index >= 15 is 9.18 Å². The van der Waals surface area contributed by atoms with E-state index in [1.54, 1.807) is 26.2 Å². The molecule has 258 valence electrons. The maximum Gasteiger partial charge on any atom is 0.274 e. The van der Waals surface area contributed by atoms with Gasteiger partial charge in [0.05, 0.1) is 39.2 Å². The predicted molar refractivity (Wildman–Crippen MR) is 176 cm³/mol. The lowest BCUT2D eigenvalue weighted by molar-refractivity contribution is -0.138. The van der Waals surface area contributed by atoms with E-state index in [9.17, 15) is 18.3 Å². The number of carbonyl (C=O) groups is 2. The first-order valence-corrected chi connectivity index (χ1v) is 16.8. The van der Waals surface area contributed by atoms with E-state index in [-0.39, 0.29) is 46.2 Å². The molecule has 2 amide bonds. The Morgan fingerprint density at radius 2 is 1.69 bits per heavy atom. The Kier molecular flexibility index (Phi) is 9.75. The van der Waals surface area contributed by atoms with Gasteiger partial charge in [-0.1, -0.05) is 13.0 Å². The van der Waals surface area contributed by atoms with Gasteiger partial charge in [-0.3, -0.25) is 14.5 Å². The van der Waals surface area contributed by atoms with E-state index in [2.05, 4.69) is 0 Å². The minimum Gasteiger partial charge on any atom is -0.497 e. The number of hydrogen-bond acceptors (Lipinski definition) is 10. The molecule has 1 unspecified atom stereocenters. The van der Waals surface area contributed by atoms with E-state index in [1.807, 2.05) is 24.9 Å². The molecule has 1 saturated heterocycles. The second-order valence-corrected chi connectivity index (χ2v) is 13.9. The molecule has 3 aromatic rings. The number of aliphatic hydroxyl groups is 1. The molecule has 0 spiro atoms. The van der Waals surface area contributed by atoms with Gasteiger partial charge in [0.15, 0.2) is 5.54 Å². The summed E-state index contributed by atoms with van der Waals surface area (Å²) in [6, 6.07) is 11.6. The number of ether oxygens (including phenoxy) is 3. The zero-order chi connectivity index (χ0) is 35.1. The number of sulfonamides is 1. The third-order valence-corrected chi connectivity index (χ3v) is 10.8. The Bertz CT molecular complexity index is 1840. The van der Waals surface area contributed by atoms with E-state index < -0.39 is 45.3 Å². The standard InChI is InChI=1S/C34H41FN4O8S/c1-8-37(4)19-21-9-13-29(46-6)26(15-21)34(38-20-23(40)17-28(38)32(41)36(2)3)25-16-22(35)10-12-27(25)39(33(34)42)48(43,44)31-14-11-24(45-5)18-30(31)47-7/h9-16,18,23,28,40H,8,17,19-20H2,1-7H3/t23-,28+,34?/m1/s1. The van der Waals surface area contributed by atoms with Crippen molar-refractivity contribution in [2.45, 2.75) is 42.5 Å². The summed E-state index contributed by atoms with van der Waals surface area (Å²) in [6.07, 6.45) is -1.11. The van der Waals surface area contributed by atoms with Gasteiger partial charge in [0.25, 0.3) is 15.9 Å². The van der Waals surface area contributed by atoms with Crippen LogP contribution in [0.15, 0.2) is 59.5 Å². The molecule has 1 fully saturated rings. The highest BCUT2D eigenvalue weighted by atomic mass is 32.2. The number of nitrogens with zero attached hydrogens (tertiary/aromatic N) is 4. The predicted octanol–water partition coefficient (Wildman–Crippen LogP) is 2.81. The van der Waals surface area contributed by atoms with Gasteiger partial charge in [0.1, 0.15) is 28.0 Å². The number of amides is 2. The monoisotopic (exact) mass is 684 g/mol. The lowest BCUT2D eigenvalue weighted by Gasteiger charge is -2.42. The molecule has 48 heavy (non-hydrogen) atoms. The van der Waals surface area contributed by atoms with Crippen molar-refractivity contribution in [3.05, 3.63) is 77.1 Å². The maximum absolute atomic E-state index is 15.5. The number of β-amino-alcohol motifs (C(OH)–C–C–N with tert-alkyl or cyclic N) is 1. The fraction of sp³-hybridized carbons (Fsp3) is 0.412. The number of fused-ring (bicyclic) bond motifs is 1. The molecule has 14 heteroatoms. The average Bonchev–Trinajstić information content (AvgIpc) is 3.58. The molecule has 5 rings (SSSR count). The van der Waals surface area contributed by atoms with Crippen molar-refractivity contribution in [1.29, 1.82) is 0 Å². The fourth-order valence-corrected chi connectivity index (χ4v) is 8.24. The minimum absolute atomic E-state index is 0.0199. The van der Waals surface area contributed by atoms with Gasteiger partial charge in [-0.2, -0.15) is 0 Å². The number of likely N-dealkylation sites (tertiary alicyclic amines) is 1. The van der Waals surface area contributed by atoms with Gasteiger partial charge in [0.2, 0.25) is 5.91 Å². The number of rotatable bonds is 11.